The van der Waals surface area contributed by atoms with Crippen LogP contribution in [0.5, 0.6) is 0 Å². The molecular formula is C12H23BSi. The van der Waals surface area contributed by atoms with Crippen LogP contribution in [0.3, 0.4) is 0 Å². The maximum Gasteiger partial charge on any atom is 0.152 e. The quantitative estimate of drug-likeness (QED) is 0.430. The second kappa shape index (κ2) is 6.07. The Morgan fingerprint density at radius 1 is 1.07 bits per heavy atom. The van der Waals surface area contributed by atoms with E-state index in [4.69, 9.17) is 0 Å². The summed E-state index contributed by atoms with van der Waals surface area (Å²) < 4.78 is 0. The maximum atomic E-state index is 3.98. The van der Waals surface area contributed by atoms with Crippen molar-refractivity contribution in [2.24, 2.45) is 0 Å². The molecule has 1 unspecified atom stereocenters. The molecule has 0 amide bonds. The maximum absolute atomic E-state index is 3.98. The van der Waals surface area contributed by atoms with Crippen molar-refractivity contribution in [2.45, 2.75) is 37.7 Å². The summed E-state index contributed by atoms with van der Waals surface area (Å²) in [6.07, 6.45) is 8.33. The van der Waals surface area contributed by atoms with Crippen LogP contribution < -0.4 is 0 Å². The number of hydrogen-bond acceptors (Lipinski definition) is 0. The smallest absolute Gasteiger partial charge is 0.104 e. The average molecular weight is 206 g/mol. The van der Waals surface area contributed by atoms with Crippen molar-refractivity contribution in [3.8, 4) is 0 Å². The molecule has 0 fully saturated rings. The van der Waals surface area contributed by atoms with E-state index in [2.05, 4.69) is 45.5 Å². The van der Waals surface area contributed by atoms with E-state index in [-0.39, 0.29) is 0 Å². The van der Waals surface area contributed by atoms with Crippen molar-refractivity contribution in [2.75, 3.05) is 0 Å². The number of rotatable bonds is 7. The third-order valence-corrected chi connectivity index (χ3v) is 5.41. The first-order valence-electron chi connectivity index (χ1n) is 5.31. The van der Waals surface area contributed by atoms with Crippen molar-refractivity contribution in [1.82, 2.24) is 0 Å². The predicted octanol–water partition coefficient (Wildman–Crippen LogP) is 4.29. The zero-order valence-corrected chi connectivity index (χ0v) is 10.9. The van der Waals surface area contributed by atoms with E-state index in [0.29, 0.717) is 12.2 Å². The van der Waals surface area contributed by atoms with Gasteiger partial charge in [0.25, 0.3) is 0 Å². The van der Waals surface area contributed by atoms with Gasteiger partial charge in [-0.2, -0.15) is 0 Å². The third-order valence-electron chi connectivity index (χ3n) is 2.70. The summed E-state index contributed by atoms with van der Waals surface area (Å²) in [4.78, 5) is 0. The molecule has 0 aromatic heterocycles. The molecule has 0 saturated heterocycles. The molecular weight excluding hydrogens is 183 g/mol. The molecule has 0 aromatic carbocycles. The van der Waals surface area contributed by atoms with Gasteiger partial charge in [-0.1, -0.05) is 50.5 Å². The van der Waals surface area contributed by atoms with E-state index >= 15 is 0 Å². The van der Waals surface area contributed by atoms with E-state index in [0.717, 1.165) is 12.6 Å². The summed E-state index contributed by atoms with van der Waals surface area (Å²) >= 11 is 0. The van der Waals surface area contributed by atoms with Gasteiger partial charge in [-0.3, -0.25) is 0 Å². The minimum Gasteiger partial charge on any atom is -0.104 e. The molecule has 0 nitrogen and oxygen atoms in total. The Morgan fingerprint density at radius 2 is 1.50 bits per heavy atom. The van der Waals surface area contributed by atoms with Gasteiger partial charge >= 0.3 is 0 Å². The molecule has 14 heavy (non-hydrogen) atoms. The van der Waals surface area contributed by atoms with E-state index < -0.39 is 8.07 Å². The van der Waals surface area contributed by atoms with Crippen LogP contribution >= 0.6 is 0 Å². The van der Waals surface area contributed by atoms with Crippen LogP contribution in [0, 0.1) is 0 Å². The summed E-state index contributed by atoms with van der Waals surface area (Å²) in [6, 6.07) is 0. The van der Waals surface area contributed by atoms with Gasteiger partial charge in [0.05, 0.1) is 0 Å². The highest BCUT2D eigenvalue weighted by atomic mass is 28.3. The van der Waals surface area contributed by atoms with E-state index in [1.807, 2.05) is 12.2 Å². The van der Waals surface area contributed by atoms with Crippen LogP contribution in [0.15, 0.2) is 38.0 Å². The van der Waals surface area contributed by atoms with Crippen LogP contribution in [-0.2, 0) is 0 Å². The second-order valence-corrected chi connectivity index (χ2v) is 10.3. The van der Waals surface area contributed by atoms with Gasteiger partial charge < -0.3 is 0 Å². The summed E-state index contributed by atoms with van der Waals surface area (Å²) in [6.45, 7) is 19.5. The van der Waals surface area contributed by atoms with Crippen LogP contribution in [0.2, 0.25) is 37.7 Å². The molecule has 0 aromatic rings. The zero-order valence-electron chi connectivity index (χ0n) is 9.92. The van der Waals surface area contributed by atoms with Crippen LogP contribution in [0.25, 0.3) is 0 Å². The van der Waals surface area contributed by atoms with Crippen molar-refractivity contribution in [3.63, 3.8) is 0 Å². The fraction of sp³-hybridized carbons (Fsp3) is 0.500. The van der Waals surface area contributed by atoms with Gasteiger partial charge in [-0.25, -0.2) is 0 Å². The first kappa shape index (κ1) is 13.5. The van der Waals surface area contributed by atoms with Crippen molar-refractivity contribution in [1.29, 1.82) is 0 Å². The summed E-state index contributed by atoms with van der Waals surface area (Å²) in [5, 5.41) is 0. The molecule has 0 radical (unpaired) electrons. The Balaban J connectivity index is 4.64. The Morgan fingerprint density at radius 3 is 1.71 bits per heavy atom. The minimum absolute atomic E-state index is 0.661. The topological polar surface area (TPSA) is 0 Å². The molecule has 0 heterocycles. The van der Waals surface area contributed by atoms with Crippen LogP contribution in [0.1, 0.15) is 0 Å². The first-order chi connectivity index (χ1) is 6.47. The normalized spacial score (nSPS) is 13.1. The molecule has 0 aliphatic carbocycles. The highest BCUT2D eigenvalue weighted by molar-refractivity contribution is 6.90. The van der Waals surface area contributed by atoms with Gasteiger partial charge in [0, 0.05) is 8.07 Å². The second-order valence-electron chi connectivity index (χ2n) is 4.94. The molecule has 0 spiro atoms. The monoisotopic (exact) mass is 206 g/mol. The Hall–Kier alpha value is -0.498. The first-order valence-corrected chi connectivity index (χ1v) is 8.89. The summed E-state index contributed by atoms with van der Waals surface area (Å²) in [5.74, 6) is 0. The fourth-order valence-corrected chi connectivity index (χ4v) is 4.46. The highest BCUT2D eigenvalue weighted by Crippen LogP contribution is 2.29. The Bertz CT molecular complexity index is 193. The van der Waals surface area contributed by atoms with Gasteiger partial charge in [-0.05, 0) is 5.44 Å². The fourth-order valence-electron chi connectivity index (χ4n) is 2.07. The lowest BCUT2D eigenvalue weighted by molar-refractivity contribution is 1.30. The van der Waals surface area contributed by atoms with E-state index in [1.165, 1.54) is 0 Å². The summed E-state index contributed by atoms with van der Waals surface area (Å²) in [7, 11) is -1.14. The molecule has 0 aliphatic heterocycles. The predicted molar refractivity (Wildman–Crippen MR) is 73.1 cm³/mol. The van der Waals surface area contributed by atoms with Crippen LogP contribution in [-0.4, -0.2) is 14.8 Å². The molecule has 78 valence electrons. The lowest BCUT2D eigenvalue weighted by atomic mass is 9.42. The SMILES string of the molecule is C=CCB(CC=C)C(C=C)[Si](C)(C)C. The Kier molecular flexibility index (Phi) is 5.86. The molecule has 2 heteroatoms. The summed E-state index contributed by atoms with van der Waals surface area (Å²) in [5.41, 5.74) is 0.665. The minimum atomic E-state index is -1.14. The zero-order chi connectivity index (χ0) is 11.2. The molecule has 0 aliphatic rings. The third kappa shape index (κ3) is 4.14. The molecule has 0 N–H and O–H groups in total. The van der Waals surface area contributed by atoms with Gasteiger partial charge in [0.1, 0.15) is 0 Å². The standard InChI is InChI=1S/C12H23BSi/c1-7-10-13(11-8-2)12(9-3)14(4,5)6/h7-9,12H,1-3,10-11H2,4-6H3. The van der Waals surface area contributed by atoms with E-state index in [1.54, 1.807) is 0 Å². The number of allylic oxidation sites excluding steroid dienone is 3. The van der Waals surface area contributed by atoms with Crippen molar-refractivity contribution >= 4 is 14.8 Å². The molecule has 0 rings (SSSR count). The lowest BCUT2D eigenvalue weighted by Gasteiger charge is -2.30. The average Bonchev–Trinajstić information content (AvgIpc) is 2.03. The molecule has 0 saturated carbocycles. The largest absolute Gasteiger partial charge is 0.152 e. The van der Waals surface area contributed by atoms with Gasteiger partial charge in [-0.15, -0.1) is 19.7 Å². The Labute approximate surface area is 90.9 Å². The number of hydrogen-bond donors (Lipinski definition) is 0. The van der Waals surface area contributed by atoms with Crippen LogP contribution in [0.4, 0.5) is 0 Å². The van der Waals surface area contributed by atoms with Crippen molar-refractivity contribution in [3.05, 3.63) is 38.0 Å². The molecule has 0 bridgehead atoms. The van der Waals surface area contributed by atoms with Crippen molar-refractivity contribution < 1.29 is 0 Å². The van der Waals surface area contributed by atoms with Gasteiger partial charge in [0.15, 0.2) is 6.71 Å². The lowest BCUT2D eigenvalue weighted by Crippen LogP contribution is -2.37. The molecule has 1 atom stereocenters. The highest BCUT2D eigenvalue weighted by Gasteiger charge is 2.31. The van der Waals surface area contributed by atoms with Gasteiger partial charge in [0.2, 0.25) is 0 Å². The van der Waals surface area contributed by atoms with E-state index in [9.17, 15) is 0 Å².